The van der Waals surface area contributed by atoms with Crippen LogP contribution in [0.5, 0.6) is 5.75 Å². The molecule has 0 aliphatic heterocycles. The Bertz CT molecular complexity index is 706. The summed E-state index contributed by atoms with van der Waals surface area (Å²) in [5, 5.41) is 12.4. The minimum absolute atomic E-state index is 0.234. The first-order valence-electron chi connectivity index (χ1n) is 7.62. The second-order valence-electron chi connectivity index (χ2n) is 5.45. The molecular formula is C16H20ClN3O2S2. The Labute approximate surface area is 155 Å². The van der Waals surface area contributed by atoms with Crippen LogP contribution in [0.4, 0.5) is 5.13 Å². The molecular weight excluding hydrogens is 366 g/mol. The van der Waals surface area contributed by atoms with Crippen molar-refractivity contribution in [3.63, 3.8) is 0 Å². The highest BCUT2D eigenvalue weighted by Gasteiger charge is 2.20. The van der Waals surface area contributed by atoms with Gasteiger partial charge in [-0.05, 0) is 37.1 Å². The van der Waals surface area contributed by atoms with Gasteiger partial charge in [-0.1, -0.05) is 55.5 Å². The van der Waals surface area contributed by atoms with Crippen LogP contribution in [0.3, 0.4) is 0 Å². The zero-order chi connectivity index (χ0) is 17.7. The molecule has 0 radical (unpaired) electrons. The monoisotopic (exact) mass is 385 g/mol. The molecule has 5 nitrogen and oxygen atoms in total. The van der Waals surface area contributed by atoms with Crippen LogP contribution in [0.15, 0.2) is 22.5 Å². The number of nitrogens with zero attached hydrogens (tertiary/aromatic N) is 2. The molecule has 130 valence electrons. The van der Waals surface area contributed by atoms with Gasteiger partial charge < -0.3 is 4.74 Å². The van der Waals surface area contributed by atoms with Gasteiger partial charge >= 0.3 is 0 Å². The fourth-order valence-electron chi connectivity index (χ4n) is 1.87. The Morgan fingerprint density at radius 3 is 2.79 bits per heavy atom. The molecule has 1 atom stereocenters. The molecule has 1 amide bonds. The molecule has 0 spiro atoms. The van der Waals surface area contributed by atoms with Crippen LogP contribution >= 0.6 is 34.7 Å². The molecule has 0 fully saturated rings. The molecule has 1 aromatic heterocycles. The number of hydrogen-bond acceptors (Lipinski definition) is 6. The summed E-state index contributed by atoms with van der Waals surface area (Å²) in [7, 11) is 0. The van der Waals surface area contributed by atoms with Crippen molar-refractivity contribution in [2.75, 3.05) is 5.32 Å². The van der Waals surface area contributed by atoms with E-state index in [9.17, 15) is 4.79 Å². The van der Waals surface area contributed by atoms with Crippen molar-refractivity contribution >= 4 is 45.7 Å². The summed E-state index contributed by atoms with van der Waals surface area (Å²) in [5.41, 5.74) is 0.906. The van der Waals surface area contributed by atoms with Crippen molar-refractivity contribution in [2.24, 2.45) is 0 Å². The number of amides is 1. The van der Waals surface area contributed by atoms with Gasteiger partial charge in [0.25, 0.3) is 5.91 Å². The van der Waals surface area contributed by atoms with Crippen LogP contribution in [0.1, 0.15) is 32.8 Å². The van der Waals surface area contributed by atoms with Crippen LogP contribution in [0.25, 0.3) is 0 Å². The molecule has 24 heavy (non-hydrogen) atoms. The lowest BCUT2D eigenvalue weighted by molar-refractivity contribution is -0.122. The van der Waals surface area contributed by atoms with E-state index in [1.807, 2.05) is 19.9 Å². The van der Waals surface area contributed by atoms with Gasteiger partial charge in [0.1, 0.15) is 5.75 Å². The summed E-state index contributed by atoms with van der Waals surface area (Å²) >= 11 is 8.99. The van der Waals surface area contributed by atoms with Gasteiger partial charge in [0.15, 0.2) is 10.4 Å². The van der Waals surface area contributed by atoms with Gasteiger partial charge in [-0.2, -0.15) is 0 Å². The molecule has 2 aromatic rings. The fraction of sp³-hybridized carbons (Fsp3) is 0.438. The quantitative estimate of drug-likeness (QED) is 0.548. The lowest BCUT2D eigenvalue weighted by atomic mass is 10.2. The summed E-state index contributed by atoms with van der Waals surface area (Å²) in [4.78, 5) is 12.4. The van der Waals surface area contributed by atoms with Crippen molar-refractivity contribution in [3.8, 4) is 5.75 Å². The average molecular weight is 386 g/mol. The predicted molar refractivity (Wildman–Crippen MR) is 100 cm³/mol. The van der Waals surface area contributed by atoms with E-state index in [2.05, 4.69) is 29.4 Å². The molecule has 2 rings (SSSR count). The van der Waals surface area contributed by atoms with Crippen molar-refractivity contribution in [1.29, 1.82) is 0 Å². The van der Waals surface area contributed by atoms with Crippen LogP contribution in [0, 0.1) is 6.92 Å². The van der Waals surface area contributed by atoms with Crippen molar-refractivity contribution in [3.05, 3.63) is 28.8 Å². The number of thioether (sulfide) groups is 1. The Balaban J connectivity index is 2.00. The van der Waals surface area contributed by atoms with Gasteiger partial charge in [-0.3, -0.25) is 10.1 Å². The van der Waals surface area contributed by atoms with E-state index in [1.54, 1.807) is 23.9 Å². The molecule has 0 bridgehead atoms. The van der Waals surface area contributed by atoms with E-state index in [-0.39, 0.29) is 5.91 Å². The lowest BCUT2D eigenvalue weighted by Crippen LogP contribution is -2.32. The van der Waals surface area contributed by atoms with E-state index < -0.39 is 6.10 Å². The molecule has 1 aromatic carbocycles. The van der Waals surface area contributed by atoms with Crippen molar-refractivity contribution in [2.45, 2.75) is 49.8 Å². The zero-order valence-electron chi connectivity index (χ0n) is 14.0. The Morgan fingerprint density at radius 1 is 1.42 bits per heavy atom. The number of hydrogen-bond donors (Lipinski definition) is 1. The van der Waals surface area contributed by atoms with Crippen LogP contribution in [-0.2, 0) is 4.79 Å². The molecule has 0 saturated carbocycles. The second-order valence-corrected chi connectivity index (χ2v) is 8.66. The van der Waals surface area contributed by atoms with E-state index in [0.29, 0.717) is 27.6 Å². The minimum Gasteiger partial charge on any atom is -0.481 e. The van der Waals surface area contributed by atoms with E-state index in [0.717, 1.165) is 9.90 Å². The highest BCUT2D eigenvalue weighted by Crippen LogP contribution is 2.29. The maximum atomic E-state index is 12.4. The smallest absolute Gasteiger partial charge is 0.267 e. The fourth-order valence-corrected chi connectivity index (χ4v) is 3.97. The number of carbonyl (C=O) groups excluding carboxylic acids is 1. The molecule has 8 heteroatoms. The molecule has 0 aliphatic carbocycles. The number of halogens is 1. The summed E-state index contributed by atoms with van der Waals surface area (Å²) in [6.07, 6.45) is -0.0596. The predicted octanol–water partition coefficient (Wildman–Crippen LogP) is 4.80. The molecule has 0 saturated heterocycles. The second kappa shape index (κ2) is 8.69. The van der Waals surface area contributed by atoms with E-state index >= 15 is 0 Å². The van der Waals surface area contributed by atoms with Crippen LogP contribution in [0.2, 0.25) is 5.02 Å². The standard InChI is InChI=1S/C16H20ClN3O2S2/c1-5-13(22-11-6-7-12(17)10(4)8-11)14(21)18-15-19-20-16(24-15)23-9(2)3/h6-9,13H,5H2,1-4H3,(H,18,19,21). The number of rotatable bonds is 7. The van der Waals surface area contributed by atoms with E-state index in [1.165, 1.54) is 11.3 Å². The summed E-state index contributed by atoms with van der Waals surface area (Å²) in [5.74, 6) is 0.384. The number of benzene rings is 1. The number of ether oxygens (including phenoxy) is 1. The lowest BCUT2D eigenvalue weighted by Gasteiger charge is -2.16. The molecule has 0 aliphatic rings. The normalized spacial score (nSPS) is 12.2. The van der Waals surface area contributed by atoms with Crippen molar-refractivity contribution in [1.82, 2.24) is 10.2 Å². The minimum atomic E-state index is -0.601. The SMILES string of the molecule is CCC(Oc1ccc(Cl)c(C)c1)C(=O)Nc1nnc(SC(C)C)s1. The van der Waals surface area contributed by atoms with E-state index in [4.69, 9.17) is 16.3 Å². The highest BCUT2D eigenvalue weighted by atomic mass is 35.5. The van der Waals surface area contributed by atoms with Crippen LogP contribution < -0.4 is 10.1 Å². The number of anilines is 1. The van der Waals surface area contributed by atoms with Gasteiger partial charge in [0.2, 0.25) is 5.13 Å². The summed E-state index contributed by atoms with van der Waals surface area (Å²) in [6.45, 7) is 7.96. The molecule has 1 N–H and O–H groups in total. The van der Waals surface area contributed by atoms with Gasteiger partial charge in [0, 0.05) is 10.3 Å². The maximum absolute atomic E-state index is 12.4. The first-order valence-corrected chi connectivity index (χ1v) is 9.70. The zero-order valence-corrected chi connectivity index (χ0v) is 16.4. The average Bonchev–Trinajstić information content (AvgIpc) is 2.94. The third-order valence-electron chi connectivity index (χ3n) is 3.04. The highest BCUT2D eigenvalue weighted by molar-refractivity contribution is 8.01. The molecule has 1 heterocycles. The van der Waals surface area contributed by atoms with Gasteiger partial charge in [-0.15, -0.1) is 10.2 Å². The Hall–Kier alpha value is -1.31. The number of aryl methyl sites for hydroxylation is 1. The largest absolute Gasteiger partial charge is 0.481 e. The summed E-state index contributed by atoms with van der Waals surface area (Å²) < 4.78 is 6.62. The van der Waals surface area contributed by atoms with Crippen molar-refractivity contribution < 1.29 is 9.53 Å². The third-order valence-corrected chi connectivity index (χ3v) is 5.39. The maximum Gasteiger partial charge on any atom is 0.267 e. The first kappa shape index (κ1) is 19.0. The summed E-state index contributed by atoms with van der Waals surface area (Å²) in [6, 6.07) is 5.34. The Kier molecular flexibility index (Phi) is 6.89. The first-order chi connectivity index (χ1) is 11.4. The van der Waals surface area contributed by atoms with Crippen LogP contribution in [-0.4, -0.2) is 27.5 Å². The number of aromatic nitrogens is 2. The Morgan fingerprint density at radius 2 is 2.17 bits per heavy atom. The molecule has 1 unspecified atom stereocenters. The topological polar surface area (TPSA) is 64.1 Å². The van der Waals surface area contributed by atoms with Gasteiger partial charge in [0.05, 0.1) is 0 Å². The number of nitrogens with one attached hydrogen (secondary N) is 1. The third kappa shape index (κ3) is 5.36. The van der Waals surface area contributed by atoms with Gasteiger partial charge in [-0.25, -0.2) is 0 Å². The number of carbonyl (C=O) groups is 1.